The van der Waals surface area contributed by atoms with Crippen molar-refractivity contribution in [1.82, 2.24) is 0 Å². The van der Waals surface area contributed by atoms with Crippen LogP contribution >= 0.6 is 0 Å². The third kappa shape index (κ3) is 7.98. The molecule has 4 N–H and O–H groups in total. The van der Waals surface area contributed by atoms with Crippen LogP contribution in [0.15, 0.2) is 99.2 Å². The number of hydrogen-bond donors (Lipinski definition) is 4. The third-order valence-electron chi connectivity index (χ3n) is 8.76. The summed E-state index contributed by atoms with van der Waals surface area (Å²) < 4.78 is 53.6. The summed E-state index contributed by atoms with van der Waals surface area (Å²) >= 11 is 0. The Morgan fingerprint density at radius 1 is 0.731 bits per heavy atom. The Hall–Kier alpha value is -5.20. The van der Waals surface area contributed by atoms with Crippen LogP contribution in [-0.4, -0.2) is 49.6 Å². The molecule has 4 aromatic rings. The van der Waals surface area contributed by atoms with Gasteiger partial charge in [0.25, 0.3) is 10.1 Å². The van der Waals surface area contributed by atoms with E-state index in [0.29, 0.717) is 70.6 Å². The molecule has 1 aliphatic carbocycles. The molecule has 10 nitrogen and oxygen atoms in total. The summed E-state index contributed by atoms with van der Waals surface area (Å²) in [5.74, 6) is 1.91. The monoisotopic (exact) mass is 722 g/mol. The minimum Gasteiger partial charge on any atom is -0.493 e. The van der Waals surface area contributed by atoms with E-state index in [1.165, 1.54) is 6.07 Å². The summed E-state index contributed by atoms with van der Waals surface area (Å²) in [5.41, 5.74) is 8.29. The average Bonchev–Trinajstić information content (AvgIpc) is 3.10. The number of nitrogens with one attached hydrogen (secondary N) is 1. The second kappa shape index (κ2) is 15.6. The van der Waals surface area contributed by atoms with E-state index >= 15 is 0 Å². The maximum absolute atomic E-state index is 12.6. The average molecular weight is 723 g/mol. The first-order valence-electron chi connectivity index (χ1n) is 17.1. The smallest absolute Gasteiger partial charge is 0.295 e. The molecule has 0 fully saturated rings. The number of nitrogens with zero attached hydrogens (tertiary/aromatic N) is 1. The highest BCUT2D eigenvalue weighted by molar-refractivity contribution is 7.86. The molecule has 270 valence electrons. The van der Waals surface area contributed by atoms with Gasteiger partial charge in [0.15, 0.2) is 0 Å². The molecule has 6 rings (SSSR count). The van der Waals surface area contributed by atoms with Gasteiger partial charge in [-0.3, -0.25) is 4.55 Å². The molecule has 0 radical (unpaired) electrons. The van der Waals surface area contributed by atoms with Crippen molar-refractivity contribution in [2.24, 2.45) is 4.99 Å². The van der Waals surface area contributed by atoms with Gasteiger partial charge in [0.1, 0.15) is 27.7 Å². The summed E-state index contributed by atoms with van der Waals surface area (Å²) in [6.07, 6.45) is 1.09. The number of rotatable bonds is 13. The molecule has 4 aromatic carbocycles. The third-order valence-corrected chi connectivity index (χ3v) is 9.67. The lowest BCUT2D eigenvalue weighted by Crippen LogP contribution is -2.05. The molecule has 0 atom stereocenters. The Bertz CT molecular complexity index is 2360. The molecule has 0 saturated heterocycles. The Morgan fingerprint density at radius 2 is 1.35 bits per heavy atom. The number of hydrogen-bond acceptors (Lipinski definition) is 9. The van der Waals surface area contributed by atoms with Gasteiger partial charge >= 0.3 is 0 Å². The molecule has 0 bridgehead atoms. The van der Waals surface area contributed by atoms with Gasteiger partial charge < -0.3 is 29.4 Å². The van der Waals surface area contributed by atoms with Crippen molar-refractivity contribution in [2.75, 3.05) is 31.7 Å². The van der Waals surface area contributed by atoms with E-state index in [-0.39, 0.29) is 18.1 Å². The van der Waals surface area contributed by atoms with Crippen molar-refractivity contribution in [3.63, 3.8) is 0 Å². The SMILES string of the molecule is Cc1cc(OCCCO)cc(C)c1N=c1ccc2c(-c3ccccc3S(=O)(=O)O)c3ccc(Nc4c(C)cc(OCCCO)cc4C)cc3oc-2c1. The van der Waals surface area contributed by atoms with Gasteiger partial charge in [0, 0.05) is 71.6 Å². The zero-order valence-electron chi connectivity index (χ0n) is 29.6. The Morgan fingerprint density at radius 3 is 1.96 bits per heavy atom. The highest BCUT2D eigenvalue weighted by atomic mass is 32.2. The van der Waals surface area contributed by atoms with Gasteiger partial charge in [0.05, 0.1) is 24.3 Å². The van der Waals surface area contributed by atoms with Crippen molar-refractivity contribution in [3.05, 3.63) is 113 Å². The molecule has 1 heterocycles. The number of ether oxygens (including phenoxy) is 2. The number of fused-ring (bicyclic) bond motifs is 2. The second-order valence-electron chi connectivity index (χ2n) is 12.8. The van der Waals surface area contributed by atoms with Crippen LogP contribution in [0.2, 0.25) is 0 Å². The van der Waals surface area contributed by atoms with Gasteiger partial charge in [-0.2, -0.15) is 8.42 Å². The van der Waals surface area contributed by atoms with Crippen LogP contribution in [0, 0.1) is 27.7 Å². The largest absolute Gasteiger partial charge is 0.493 e. The zero-order chi connectivity index (χ0) is 37.0. The fraction of sp³-hybridized carbons (Fsp3) is 0.244. The highest BCUT2D eigenvalue weighted by Crippen LogP contribution is 2.43. The maximum Gasteiger partial charge on any atom is 0.295 e. The lowest BCUT2D eigenvalue weighted by Gasteiger charge is -2.19. The number of aliphatic hydroxyl groups excluding tert-OH is 2. The lowest BCUT2D eigenvalue weighted by molar-refractivity contribution is 0.233. The van der Waals surface area contributed by atoms with Crippen molar-refractivity contribution in [1.29, 1.82) is 0 Å². The number of benzene rings is 5. The van der Waals surface area contributed by atoms with Crippen molar-refractivity contribution in [3.8, 4) is 33.9 Å². The molecule has 1 aliphatic heterocycles. The molecule has 0 aromatic heterocycles. The van der Waals surface area contributed by atoms with Crippen molar-refractivity contribution >= 4 is 38.1 Å². The molecular weight excluding hydrogens is 681 g/mol. The van der Waals surface area contributed by atoms with Gasteiger partial charge in [-0.15, -0.1) is 0 Å². The topological polar surface area (TPSA) is 151 Å². The molecule has 52 heavy (non-hydrogen) atoms. The molecule has 0 amide bonds. The molecule has 0 spiro atoms. The van der Waals surface area contributed by atoms with E-state index in [4.69, 9.17) is 29.1 Å². The minimum atomic E-state index is -4.56. The normalized spacial score (nSPS) is 12.1. The predicted octanol–water partition coefficient (Wildman–Crippen LogP) is 8.18. The minimum absolute atomic E-state index is 0.0604. The van der Waals surface area contributed by atoms with E-state index in [1.807, 2.05) is 88.4 Å². The van der Waals surface area contributed by atoms with E-state index in [0.717, 1.165) is 45.1 Å². The fourth-order valence-electron chi connectivity index (χ4n) is 6.38. The van der Waals surface area contributed by atoms with Crippen LogP contribution in [0.3, 0.4) is 0 Å². The van der Waals surface area contributed by atoms with E-state index in [9.17, 15) is 13.0 Å². The van der Waals surface area contributed by atoms with Gasteiger partial charge in [-0.1, -0.05) is 18.2 Å². The van der Waals surface area contributed by atoms with Gasteiger partial charge in [-0.25, -0.2) is 4.99 Å². The first-order chi connectivity index (χ1) is 25.0. The van der Waals surface area contributed by atoms with Crippen molar-refractivity contribution in [2.45, 2.75) is 45.4 Å². The second-order valence-corrected chi connectivity index (χ2v) is 14.2. The van der Waals surface area contributed by atoms with Crippen LogP contribution in [0.1, 0.15) is 35.1 Å². The molecular formula is C41H42N2O8S. The van der Waals surface area contributed by atoms with E-state index in [1.54, 1.807) is 18.2 Å². The summed E-state index contributed by atoms with van der Waals surface area (Å²) in [6, 6.07) is 25.3. The van der Waals surface area contributed by atoms with Crippen LogP contribution < -0.4 is 20.1 Å². The summed E-state index contributed by atoms with van der Waals surface area (Å²) in [4.78, 5) is 4.76. The molecule has 0 saturated carbocycles. The number of anilines is 2. The van der Waals surface area contributed by atoms with E-state index in [2.05, 4.69) is 5.32 Å². The first-order valence-corrected chi connectivity index (χ1v) is 18.5. The van der Waals surface area contributed by atoms with Gasteiger partial charge in [0.2, 0.25) is 0 Å². The molecule has 2 aliphatic rings. The Balaban J connectivity index is 1.49. The molecule has 0 unspecified atom stereocenters. The summed E-state index contributed by atoms with van der Waals surface area (Å²) in [5, 5.41) is 23.0. The maximum atomic E-state index is 12.6. The lowest BCUT2D eigenvalue weighted by atomic mass is 9.93. The van der Waals surface area contributed by atoms with Crippen LogP contribution in [0.5, 0.6) is 11.5 Å². The van der Waals surface area contributed by atoms with Crippen molar-refractivity contribution < 1.29 is 37.1 Å². The Labute approximate surface area is 303 Å². The number of aliphatic hydroxyl groups is 2. The quantitative estimate of drug-likeness (QED) is 0.0526. The van der Waals surface area contributed by atoms with Gasteiger partial charge in [-0.05, 0) is 105 Å². The first kappa shape index (κ1) is 36.6. The summed E-state index contributed by atoms with van der Waals surface area (Å²) in [6.45, 7) is 8.87. The van der Waals surface area contributed by atoms with Crippen LogP contribution in [-0.2, 0) is 10.1 Å². The van der Waals surface area contributed by atoms with E-state index < -0.39 is 10.1 Å². The van der Waals surface area contributed by atoms with Crippen LogP contribution in [0.4, 0.5) is 17.1 Å². The number of aryl methyl sites for hydroxylation is 4. The predicted molar refractivity (Wildman–Crippen MR) is 203 cm³/mol. The van der Waals surface area contributed by atoms with Crippen LogP contribution in [0.25, 0.3) is 33.4 Å². The Kier molecular flexibility index (Phi) is 11.0. The zero-order valence-corrected chi connectivity index (χ0v) is 30.4. The summed E-state index contributed by atoms with van der Waals surface area (Å²) in [7, 11) is -4.56. The standard InChI is InChI=1S/C41H42N2O8S/c1-25-19-31(49-17-7-15-44)20-26(2)40(25)42-29-11-13-33-36(23-29)51-37-24-30(43-41-27(3)21-32(22-28(41)4)50-18-8-16-45)12-14-34(37)39(33)35-9-5-6-10-38(35)52(46,47)48/h5-6,9-14,19-24,42,44-45H,7-8,15-18H2,1-4H3,(H,46,47,48). The fourth-order valence-corrected chi connectivity index (χ4v) is 7.08. The molecule has 11 heteroatoms. The highest BCUT2D eigenvalue weighted by Gasteiger charge is 2.23.